The number of fused-ring (bicyclic) bond motifs is 5. The van der Waals surface area contributed by atoms with Crippen LogP contribution in [-0.2, 0) is 14.2 Å². The fraction of sp³-hybridized carbons (Fsp3) is 0.897. The van der Waals surface area contributed by atoms with Crippen molar-refractivity contribution in [2.75, 3.05) is 47.1 Å². The molecule has 0 bridgehead atoms. The van der Waals surface area contributed by atoms with Crippen molar-refractivity contribution in [1.29, 1.82) is 0 Å². The van der Waals surface area contributed by atoms with E-state index in [1.54, 1.807) is 5.57 Å². The van der Waals surface area contributed by atoms with Crippen LogP contribution in [0.3, 0.4) is 0 Å². The Morgan fingerprint density at radius 3 is 2.05 bits per heavy atom. The third-order valence-corrected chi connectivity index (χ3v) is 16.9. The maximum atomic E-state index is 6.61. The van der Waals surface area contributed by atoms with Gasteiger partial charge in [-0.2, -0.15) is 0 Å². The summed E-state index contributed by atoms with van der Waals surface area (Å²) >= 11 is 0. The van der Waals surface area contributed by atoms with Crippen LogP contribution in [0.4, 0.5) is 0 Å². The molecule has 0 spiro atoms. The van der Waals surface area contributed by atoms with E-state index in [0.29, 0.717) is 16.9 Å². The van der Waals surface area contributed by atoms with E-state index in [1.807, 2.05) is 0 Å². The molecule has 0 heterocycles. The molecule has 62 heavy (non-hydrogen) atoms. The van der Waals surface area contributed by atoms with Crippen LogP contribution in [0, 0.1) is 46.3 Å². The lowest BCUT2D eigenvalue weighted by Crippen LogP contribution is -2.51. The van der Waals surface area contributed by atoms with Gasteiger partial charge >= 0.3 is 0 Å². The molecule has 4 rings (SSSR count). The van der Waals surface area contributed by atoms with E-state index in [-0.39, 0.29) is 6.10 Å². The van der Waals surface area contributed by atoms with Crippen LogP contribution in [0.2, 0.25) is 0 Å². The van der Waals surface area contributed by atoms with Crippen molar-refractivity contribution < 1.29 is 14.2 Å². The maximum Gasteiger partial charge on any atom is 0.0934 e. The molecule has 4 aliphatic rings. The minimum absolute atomic E-state index is 0.173. The number of nitrogens with zero attached hydrogens (tertiary/aromatic N) is 1. The first-order chi connectivity index (χ1) is 30.1. The normalized spacial score (nSPS) is 28.5. The Kier molecular flexibility index (Phi) is 26.3. The highest BCUT2D eigenvalue weighted by atomic mass is 16.5. The van der Waals surface area contributed by atoms with Crippen molar-refractivity contribution >= 4 is 0 Å². The minimum atomic E-state index is 0.173. The predicted molar refractivity (Wildman–Crippen MR) is 269 cm³/mol. The molecule has 3 fully saturated rings. The standard InChI is InChI=1S/C58H105NO3/c1-9-10-11-12-13-14-15-16-17-18-19-20-21-22-25-28-42-60-47-52(46-59(7)8)62-44-30-27-24-23-26-29-43-61-51-38-40-57(5)50(45-51)34-35-53-55-37-36-54(49(4)33-31-32-48(2)3)58(55,6)41-39-56(53)57/h13-14,16-17,34,48-49,51-56H,9-12,15,18-33,35-47H2,1-8H3/b14-13-,17-16-/t49-,51+,52?,53+,54-,55?,56?,57+,58-/m1/s1. The molecule has 0 saturated heterocycles. The topological polar surface area (TPSA) is 30.9 Å². The van der Waals surface area contributed by atoms with Crippen LogP contribution in [0.1, 0.15) is 228 Å². The number of unbranched alkanes of at least 4 members (excludes halogenated alkanes) is 14. The summed E-state index contributed by atoms with van der Waals surface area (Å²) in [5.74, 6) is 5.49. The Balaban J connectivity index is 0.980. The van der Waals surface area contributed by atoms with Crippen molar-refractivity contribution in [1.82, 2.24) is 4.90 Å². The predicted octanol–water partition coefficient (Wildman–Crippen LogP) is 16.5. The lowest BCUT2D eigenvalue weighted by molar-refractivity contribution is -0.0641. The monoisotopic (exact) mass is 864 g/mol. The molecule has 0 radical (unpaired) electrons. The van der Waals surface area contributed by atoms with Crippen LogP contribution in [0.25, 0.3) is 0 Å². The van der Waals surface area contributed by atoms with Gasteiger partial charge in [0.15, 0.2) is 0 Å². The van der Waals surface area contributed by atoms with Crippen LogP contribution in [0.15, 0.2) is 36.0 Å². The number of hydrogen-bond acceptors (Lipinski definition) is 4. The molecule has 360 valence electrons. The van der Waals surface area contributed by atoms with Gasteiger partial charge in [-0.1, -0.05) is 161 Å². The lowest BCUT2D eigenvalue weighted by atomic mass is 9.47. The highest BCUT2D eigenvalue weighted by molar-refractivity contribution is 5.25. The van der Waals surface area contributed by atoms with E-state index in [4.69, 9.17) is 14.2 Å². The van der Waals surface area contributed by atoms with E-state index in [0.717, 1.165) is 81.3 Å². The van der Waals surface area contributed by atoms with Gasteiger partial charge in [-0.05, 0) is 163 Å². The quantitative estimate of drug-likeness (QED) is 0.0469. The Bertz CT molecular complexity index is 1240. The molecule has 4 heteroatoms. The van der Waals surface area contributed by atoms with Crippen LogP contribution in [0.5, 0.6) is 0 Å². The zero-order valence-electron chi connectivity index (χ0n) is 42.7. The van der Waals surface area contributed by atoms with Crippen LogP contribution >= 0.6 is 0 Å². The summed E-state index contributed by atoms with van der Waals surface area (Å²) in [5.41, 5.74) is 2.79. The van der Waals surface area contributed by atoms with E-state index < -0.39 is 0 Å². The molecule has 0 aromatic rings. The Labute approximate surface area is 387 Å². The van der Waals surface area contributed by atoms with Gasteiger partial charge in [0.2, 0.25) is 0 Å². The Morgan fingerprint density at radius 2 is 1.35 bits per heavy atom. The zero-order valence-corrected chi connectivity index (χ0v) is 42.7. The van der Waals surface area contributed by atoms with Crippen LogP contribution in [-0.4, -0.2) is 64.2 Å². The van der Waals surface area contributed by atoms with Gasteiger partial charge in [0.1, 0.15) is 0 Å². The first kappa shape index (κ1) is 53.7. The average Bonchev–Trinajstić information content (AvgIpc) is 3.60. The minimum Gasteiger partial charge on any atom is -0.379 e. The largest absolute Gasteiger partial charge is 0.379 e. The smallest absolute Gasteiger partial charge is 0.0934 e. The molecular formula is C58H105NO3. The second-order valence-electron chi connectivity index (χ2n) is 22.6. The first-order valence-electron chi connectivity index (χ1n) is 27.5. The van der Waals surface area contributed by atoms with E-state index in [1.165, 1.54) is 173 Å². The van der Waals surface area contributed by atoms with Crippen molar-refractivity contribution in [2.24, 2.45) is 46.3 Å². The van der Waals surface area contributed by atoms with Gasteiger partial charge < -0.3 is 19.1 Å². The molecule has 9 atom stereocenters. The molecular weight excluding hydrogens is 759 g/mol. The molecule has 3 saturated carbocycles. The second-order valence-corrected chi connectivity index (χ2v) is 22.6. The van der Waals surface area contributed by atoms with Gasteiger partial charge in [0.25, 0.3) is 0 Å². The fourth-order valence-corrected chi connectivity index (χ4v) is 13.2. The summed E-state index contributed by atoms with van der Waals surface area (Å²) in [6, 6.07) is 0. The lowest BCUT2D eigenvalue weighted by Gasteiger charge is -2.58. The summed E-state index contributed by atoms with van der Waals surface area (Å²) in [4.78, 5) is 2.23. The van der Waals surface area contributed by atoms with Crippen molar-refractivity contribution in [3.63, 3.8) is 0 Å². The molecule has 0 aliphatic heterocycles. The average molecular weight is 864 g/mol. The van der Waals surface area contributed by atoms with Crippen molar-refractivity contribution in [2.45, 2.75) is 240 Å². The third-order valence-electron chi connectivity index (χ3n) is 16.9. The van der Waals surface area contributed by atoms with Gasteiger partial charge in [-0.3, -0.25) is 0 Å². The number of ether oxygens (including phenoxy) is 3. The molecule has 3 unspecified atom stereocenters. The fourth-order valence-electron chi connectivity index (χ4n) is 13.2. The molecule has 0 aromatic carbocycles. The molecule has 4 nitrogen and oxygen atoms in total. The van der Waals surface area contributed by atoms with Gasteiger partial charge in [0.05, 0.1) is 18.8 Å². The van der Waals surface area contributed by atoms with E-state index in [2.05, 4.69) is 90.9 Å². The zero-order chi connectivity index (χ0) is 44.5. The highest BCUT2D eigenvalue weighted by Crippen LogP contribution is 2.67. The van der Waals surface area contributed by atoms with Crippen molar-refractivity contribution in [3.05, 3.63) is 36.0 Å². The molecule has 0 aromatic heterocycles. The third kappa shape index (κ3) is 18.4. The number of allylic oxidation sites excluding steroid dienone is 5. The van der Waals surface area contributed by atoms with Gasteiger partial charge in [-0.15, -0.1) is 0 Å². The Hall–Kier alpha value is -0.940. The van der Waals surface area contributed by atoms with Crippen molar-refractivity contribution in [3.8, 4) is 0 Å². The first-order valence-corrected chi connectivity index (χ1v) is 27.5. The van der Waals surface area contributed by atoms with E-state index in [9.17, 15) is 0 Å². The Morgan fingerprint density at radius 1 is 0.694 bits per heavy atom. The maximum absolute atomic E-state index is 6.61. The summed E-state index contributed by atoms with van der Waals surface area (Å²) < 4.78 is 19.0. The molecule has 0 N–H and O–H groups in total. The van der Waals surface area contributed by atoms with Crippen LogP contribution < -0.4 is 0 Å². The second kappa shape index (κ2) is 30.4. The highest BCUT2D eigenvalue weighted by Gasteiger charge is 2.59. The summed E-state index contributed by atoms with van der Waals surface area (Å²) in [6.07, 6.45) is 51.1. The molecule has 0 amide bonds. The number of hydrogen-bond donors (Lipinski definition) is 0. The van der Waals surface area contributed by atoms with E-state index >= 15 is 0 Å². The van der Waals surface area contributed by atoms with Gasteiger partial charge in [-0.25, -0.2) is 0 Å². The number of rotatable bonds is 35. The summed E-state index contributed by atoms with van der Waals surface area (Å²) in [5, 5.41) is 0. The van der Waals surface area contributed by atoms with Gasteiger partial charge in [0, 0.05) is 26.4 Å². The molecule has 4 aliphatic carbocycles. The SMILES string of the molecule is CCCCC/C=C\C/C=C\CCCCCCCCOCC(CN(C)C)OCCCCCCCCO[C@H]1CC[C@@]2(C)C(=CC[C@@H]3C2CC[C@@]2(C)C3CC[C@@H]2[C@H](C)CCCC(C)C)C1. The number of likely N-dealkylation sites (N-methyl/N-ethyl adjacent to an activating group) is 1. The summed E-state index contributed by atoms with van der Waals surface area (Å²) in [6.45, 7) is 19.4. The summed E-state index contributed by atoms with van der Waals surface area (Å²) in [7, 11) is 4.28.